The maximum atomic E-state index is 14.1. The van der Waals surface area contributed by atoms with E-state index in [0.717, 1.165) is 31.9 Å². The van der Waals surface area contributed by atoms with E-state index in [1.54, 1.807) is 18.2 Å². The number of amides is 1. The third-order valence-corrected chi connectivity index (χ3v) is 6.60. The molecule has 206 valence electrons. The Morgan fingerprint density at radius 2 is 1.50 bits per heavy atom. The Labute approximate surface area is 216 Å². The molecule has 1 heterocycles. The zero-order valence-electron chi connectivity index (χ0n) is 20.5. The first kappa shape index (κ1) is 28.9. The Morgan fingerprint density at radius 1 is 0.895 bits per heavy atom. The van der Waals surface area contributed by atoms with Gasteiger partial charge in [0.1, 0.15) is 5.82 Å². The molecule has 1 aliphatic heterocycles. The van der Waals surface area contributed by atoms with Gasteiger partial charge in [-0.05, 0) is 43.2 Å². The van der Waals surface area contributed by atoms with Gasteiger partial charge in [0.05, 0.1) is 22.5 Å². The van der Waals surface area contributed by atoms with Crippen LogP contribution in [0, 0.1) is 5.82 Å². The van der Waals surface area contributed by atoms with Crippen molar-refractivity contribution >= 4 is 29.2 Å². The number of carboxylic acid groups (broad SMARTS) is 2. The highest BCUT2D eigenvalue weighted by atomic mass is 19.4. The number of rotatable bonds is 5. The maximum absolute atomic E-state index is 14.1. The number of nitrogens with one attached hydrogen (secondary N) is 1. The monoisotopic (exact) mass is 539 g/mol. The topological polar surface area (TPSA) is 110 Å². The van der Waals surface area contributed by atoms with Crippen LogP contribution in [0.25, 0.3) is 0 Å². The number of carbonyl (C=O) groups excluding carboxylic acids is 1. The molecular formula is C26H29F4N3O5. The molecule has 0 unspecified atom stereocenters. The molecule has 2 fully saturated rings. The van der Waals surface area contributed by atoms with Gasteiger partial charge in [-0.15, -0.1) is 0 Å². The number of piperazine rings is 1. The highest BCUT2D eigenvalue weighted by Gasteiger charge is 2.38. The Balaban J connectivity index is 0.000000505. The molecule has 3 N–H and O–H groups in total. The summed E-state index contributed by atoms with van der Waals surface area (Å²) < 4.78 is 45.8. The third-order valence-electron chi connectivity index (χ3n) is 6.60. The Morgan fingerprint density at radius 3 is 2.05 bits per heavy atom. The van der Waals surface area contributed by atoms with Crippen molar-refractivity contribution in [1.29, 1.82) is 0 Å². The van der Waals surface area contributed by atoms with Gasteiger partial charge in [-0.3, -0.25) is 9.69 Å². The largest absolute Gasteiger partial charge is 0.490 e. The molecular weight excluding hydrogens is 510 g/mol. The van der Waals surface area contributed by atoms with Crippen molar-refractivity contribution in [2.45, 2.75) is 44.3 Å². The molecule has 1 saturated heterocycles. The lowest BCUT2D eigenvalue weighted by Gasteiger charge is -2.42. The zero-order valence-corrected chi connectivity index (χ0v) is 20.5. The van der Waals surface area contributed by atoms with E-state index in [-0.39, 0.29) is 11.1 Å². The predicted octanol–water partition coefficient (Wildman–Crippen LogP) is 4.86. The van der Waals surface area contributed by atoms with E-state index < -0.39 is 29.8 Å². The first-order chi connectivity index (χ1) is 18.0. The average molecular weight is 540 g/mol. The van der Waals surface area contributed by atoms with E-state index in [1.807, 2.05) is 0 Å². The van der Waals surface area contributed by atoms with E-state index in [2.05, 4.69) is 15.1 Å². The fourth-order valence-corrected chi connectivity index (χ4v) is 4.65. The standard InChI is InChI=1S/C24H28FN3O3.C2HF3O2/c25-20-9-5-4-8-19(20)23(29)26-21-16-17(24(30)31)10-11-22(21)28-14-12-27(13-15-28)18-6-2-1-3-7-18;3-2(4,5)1(6)7/h4-5,8-11,16,18H,1-3,6-7,12-15H2,(H,26,29)(H,30,31);(H,6,7). The second kappa shape index (κ2) is 12.7. The van der Waals surface area contributed by atoms with Gasteiger partial charge < -0.3 is 20.4 Å². The molecule has 8 nitrogen and oxygen atoms in total. The predicted molar refractivity (Wildman–Crippen MR) is 132 cm³/mol. The molecule has 0 spiro atoms. The minimum absolute atomic E-state index is 0.0729. The number of anilines is 2. The highest BCUT2D eigenvalue weighted by Crippen LogP contribution is 2.31. The lowest BCUT2D eigenvalue weighted by atomic mass is 9.94. The summed E-state index contributed by atoms with van der Waals surface area (Å²) in [4.78, 5) is 37.8. The van der Waals surface area contributed by atoms with E-state index in [0.29, 0.717) is 11.7 Å². The van der Waals surface area contributed by atoms with Gasteiger partial charge in [0, 0.05) is 32.2 Å². The van der Waals surface area contributed by atoms with Crippen LogP contribution in [0.3, 0.4) is 0 Å². The first-order valence-electron chi connectivity index (χ1n) is 12.2. The number of aliphatic carboxylic acids is 1. The van der Waals surface area contributed by atoms with Crippen LogP contribution in [-0.2, 0) is 4.79 Å². The molecule has 0 aromatic heterocycles. The molecule has 1 aliphatic carbocycles. The normalized spacial score (nSPS) is 16.8. The number of carboxylic acids is 2. The number of alkyl halides is 3. The summed E-state index contributed by atoms with van der Waals surface area (Å²) in [6.45, 7) is 3.47. The van der Waals surface area contributed by atoms with Gasteiger partial charge in [-0.2, -0.15) is 13.2 Å². The average Bonchev–Trinajstić information content (AvgIpc) is 2.89. The second-order valence-corrected chi connectivity index (χ2v) is 9.09. The van der Waals surface area contributed by atoms with Gasteiger partial charge in [0.25, 0.3) is 5.91 Å². The maximum Gasteiger partial charge on any atom is 0.490 e. The van der Waals surface area contributed by atoms with Crippen LogP contribution >= 0.6 is 0 Å². The quantitative estimate of drug-likeness (QED) is 0.466. The number of hydrogen-bond donors (Lipinski definition) is 3. The minimum atomic E-state index is -5.08. The molecule has 2 aromatic carbocycles. The van der Waals surface area contributed by atoms with Crippen molar-refractivity contribution in [3.63, 3.8) is 0 Å². The summed E-state index contributed by atoms with van der Waals surface area (Å²) in [5.74, 6) is -5.04. The van der Waals surface area contributed by atoms with Crippen molar-refractivity contribution in [1.82, 2.24) is 4.90 Å². The van der Waals surface area contributed by atoms with Crippen molar-refractivity contribution in [2.75, 3.05) is 36.4 Å². The smallest absolute Gasteiger partial charge is 0.478 e. The second-order valence-electron chi connectivity index (χ2n) is 9.09. The summed E-state index contributed by atoms with van der Waals surface area (Å²) in [6, 6.07) is 11.1. The summed E-state index contributed by atoms with van der Waals surface area (Å²) in [7, 11) is 0. The molecule has 0 atom stereocenters. The van der Waals surface area contributed by atoms with Crippen molar-refractivity contribution in [3.8, 4) is 0 Å². The van der Waals surface area contributed by atoms with E-state index in [9.17, 15) is 32.3 Å². The summed E-state index contributed by atoms with van der Waals surface area (Å²) in [5, 5.41) is 19.3. The van der Waals surface area contributed by atoms with Crippen LogP contribution in [0.4, 0.5) is 28.9 Å². The van der Waals surface area contributed by atoms with Crippen LogP contribution in [0.15, 0.2) is 42.5 Å². The highest BCUT2D eigenvalue weighted by molar-refractivity contribution is 6.07. The number of nitrogens with zero attached hydrogens (tertiary/aromatic N) is 2. The van der Waals surface area contributed by atoms with Crippen LogP contribution in [0.1, 0.15) is 52.8 Å². The number of benzene rings is 2. The number of aromatic carboxylic acids is 1. The Hall–Kier alpha value is -3.67. The van der Waals surface area contributed by atoms with Crippen LogP contribution in [0.5, 0.6) is 0 Å². The minimum Gasteiger partial charge on any atom is -0.478 e. The van der Waals surface area contributed by atoms with Crippen LogP contribution in [-0.4, -0.2) is 71.4 Å². The SMILES string of the molecule is O=C(O)C(F)(F)F.O=C(O)c1ccc(N2CCN(C3CCCCC3)CC2)c(NC(=O)c2ccccc2F)c1. The Bertz CT molecular complexity index is 1140. The Kier molecular flexibility index (Phi) is 9.67. The molecule has 12 heteroatoms. The lowest BCUT2D eigenvalue weighted by Crippen LogP contribution is -2.51. The van der Waals surface area contributed by atoms with Crippen molar-refractivity contribution < 1.29 is 42.2 Å². The van der Waals surface area contributed by atoms with Gasteiger partial charge in [0.15, 0.2) is 0 Å². The number of carbonyl (C=O) groups is 3. The molecule has 2 aromatic rings. The number of hydrogen-bond acceptors (Lipinski definition) is 5. The van der Waals surface area contributed by atoms with Crippen molar-refractivity contribution in [2.24, 2.45) is 0 Å². The molecule has 1 amide bonds. The van der Waals surface area contributed by atoms with Gasteiger partial charge in [0.2, 0.25) is 0 Å². The fourth-order valence-electron chi connectivity index (χ4n) is 4.65. The van der Waals surface area contributed by atoms with Gasteiger partial charge in [-0.25, -0.2) is 14.0 Å². The summed E-state index contributed by atoms with van der Waals surface area (Å²) >= 11 is 0. The molecule has 0 bridgehead atoms. The summed E-state index contributed by atoms with van der Waals surface area (Å²) in [6.07, 6.45) is 1.37. The molecule has 4 rings (SSSR count). The van der Waals surface area contributed by atoms with Crippen molar-refractivity contribution in [3.05, 3.63) is 59.4 Å². The first-order valence-corrected chi connectivity index (χ1v) is 12.2. The lowest BCUT2D eigenvalue weighted by molar-refractivity contribution is -0.192. The number of halogens is 4. The van der Waals surface area contributed by atoms with E-state index in [1.165, 1.54) is 56.4 Å². The van der Waals surface area contributed by atoms with Gasteiger partial charge in [-0.1, -0.05) is 31.4 Å². The summed E-state index contributed by atoms with van der Waals surface area (Å²) in [5.41, 5.74) is 1.15. The molecule has 2 aliphatic rings. The van der Waals surface area contributed by atoms with E-state index >= 15 is 0 Å². The third kappa shape index (κ3) is 7.67. The zero-order chi connectivity index (χ0) is 27.9. The van der Waals surface area contributed by atoms with Crippen LogP contribution in [0.2, 0.25) is 0 Å². The van der Waals surface area contributed by atoms with E-state index in [4.69, 9.17) is 9.90 Å². The van der Waals surface area contributed by atoms with Crippen LogP contribution < -0.4 is 10.2 Å². The van der Waals surface area contributed by atoms with Gasteiger partial charge >= 0.3 is 18.1 Å². The molecule has 1 saturated carbocycles. The fraction of sp³-hybridized carbons (Fsp3) is 0.423. The molecule has 0 radical (unpaired) electrons. The molecule has 38 heavy (non-hydrogen) atoms.